The summed E-state index contributed by atoms with van der Waals surface area (Å²) in [6.07, 6.45) is 0.371. The molecule has 0 aliphatic carbocycles. The Morgan fingerprint density at radius 3 is 2.09 bits per heavy atom. The first-order valence-electron chi connectivity index (χ1n) is 2.29. The molecule has 0 aromatic carbocycles. The Hall–Kier alpha value is 2.40. The van der Waals surface area contributed by atoms with E-state index in [0.717, 1.165) is 0 Å². The van der Waals surface area contributed by atoms with Crippen LogP contribution in [0.3, 0.4) is 0 Å². The van der Waals surface area contributed by atoms with Crippen LogP contribution in [-0.2, 0) is 9.09 Å². The van der Waals surface area contributed by atoms with Crippen LogP contribution in [0.15, 0.2) is 0 Å². The molecule has 0 unspecified atom stereocenters. The Kier molecular flexibility index (Phi) is 18.2. The molecule has 0 saturated carbocycles. The van der Waals surface area contributed by atoms with Crippen LogP contribution in [0, 0.1) is 0 Å². The van der Waals surface area contributed by atoms with Gasteiger partial charge in [0, 0.05) is 5.88 Å². The number of alkyl halides is 1. The van der Waals surface area contributed by atoms with Crippen molar-refractivity contribution < 1.29 is 78.0 Å². The maximum Gasteiger partial charge on any atom is 1.00 e. The molecule has 0 atom stereocenters. The van der Waals surface area contributed by atoms with Crippen molar-refractivity contribution in [2.24, 2.45) is 0 Å². The normalized spacial score (nSPS) is 9.73. The van der Waals surface area contributed by atoms with Gasteiger partial charge in [0.1, 0.15) is 0 Å². The van der Waals surface area contributed by atoms with Crippen LogP contribution < -0.4 is 68.9 Å². The van der Waals surface area contributed by atoms with Gasteiger partial charge in [0.25, 0.3) is 0 Å². The van der Waals surface area contributed by atoms with E-state index in [1.54, 1.807) is 0 Å². The zero-order chi connectivity index (χ0) is 7.33. The first kappa shape index (κ1) is 19.0. The maximum absolute atomic E-state index is 9.71. The smallest absolute Gasteiger partial charge is 0.790 e. The van der Waals surface area contributed by atoms with E-state index < -0.39 is 7.82 Å². The third kappa shape index (κ3) is 19.0. The average molecular weight is 218 g/mol. The molecule has 0 heterocycles. The Morgan fingerprint density at radius 1 is 1.36 bits per heavy atom. The average Bonchev–Trinajstić information content (AvgIpc) is 1.63. The molecule has 0 spiro atoms. The van der Waals surface area contributed by atoms with E-state index in [9.17, 15) is 14.4 Å². The van der Waals surface area contributed by atoms with Crippen LogP contribution >= 0.6 is 19.4 Å². The van der Waals surface area contributed by atoms with Crippen molar-refractivity contribution in [3.8, 4) is 0 Å². The van der Waals surface area contributed by atoms with Crippen molar-refractivity contribution in [1.82, 2.24) is 0 Å². The molecule has 0 N–H and O–H groups in total. The summed E-state index contributed by atoms with van der Waals surface area (Å²) in [5, 5.41) is 0. The fraction of sp³-hybridized carbons (Fsp3) is 1.00. The second-order valence-corrected chi connectivity index (χ2v) is 2.85. The molecular weight excluding hydrogens is 212 g/mol. The number of phosphoric ester groups is 1. The van der Waals surface area contributed by atoms with Crippen molar-refractivity contribution in [2.75, 3.05) is 12.5 Å². The van der Waals surface area contributed by atoms with Crippen LogP contribution in [0.1, 0.15) is 6.42 Å². The minimum absolute atomic E-state index is 0. The van der Waals surface area contributed by atoms with Crippen LogP contribution in [0.2, 0.25) is 0 Å². The molecule has 0 fully saturated rings. The van der Waals surface area contributed by atoms with Gasteiger partial charge in [-0.05, 0) is 6.42 Å². The molecular formula is C3H6ClNa2O4P. The summed E-state index contributed by atoms with van der Waals surface area (Å²) >= 11 is 5.16. The predicted octanol–water partition coefficient (Wildman–Crippen LogP) is -6.53. The fourth-order valence-electron chi connectivity index (χ4n) is 0.231. The summed E-state index contributed by atoms with van der Waals surface area (Å²) in [5.41, 5.74) is 0. The maximum atomic E-state index is 9.71. The van der Waals surface area contributed by atoms with Crippen molar-refractivity contribution in [2.45, 2.75) is 6.42 Å². The van der Waals surface area contributed by atoms with Gasteiger partial charge >= 0.3 is 59.1 Å². The van der Waals surface area contributed by atoms with Gasteiger partial charge in [-0.1, -0.05) is 0 Å². The zero-order valence-electron chi connectivity index (χ0n) is 6.58. The number of halogens is 1. The first-order chi connectivity index (χ1) is 4.06. The molecule has 0 radical (unpaired) electrons. The van der Waals surface area contributed by atoms with Gasteiger partial charge in [-0.3, -0.25) is 0 Å². The third-order valence-corrected chi connectivity index (χ3v) is 1.29. The number of hydrogen-bond acceptors (Lipinski definition) is 4. The van der Waals surface area contributed by atoms with Gasteiger partial charge in [-0.15, -0.1) is 11.6 Å². The molecule has 0 aliphatic heterocycles. The van der Waals surface area contributed by atoms with E-state index in [2.05, 4.69) is 4.52 Å². The molecule has 0 aromatic rings. The van der Waals surface area contributed by atoms with Gasteiger partial charge in [0.15, 0.2) is 0 Å². The van der Waals surface area contributed by atoms with Gasteiger partial charge in [0.2, 0.25) is 0 Å². The Bertz CT molecular complexity index is 118. The van der Waals surface area contributed by atoms with Crippen LogP contribution in [-0.4, -0.2) is 12.5 Å². The van der Waals surface area contributed by atoms with Crippen LogP contribution in [0.25, 0.3) is 0 Å². The minimum Gasteiger partial charge on any atom is -0.790 e. The quantitative estimate of drug-likeness (QED) is 0.204. The molecule has 0 saturated heterocycles. The van der Waals surface area contributed by atoms with Crippen LogP contribution in [0.5, 0.6) is 0 Å². The molecule has 56 valence electrons. The summed E-state index contributed by atoms with van der Waals surface area (Å²) < 4.78 is 13.5. The number of rotatable bonds is 4. The number of phosphoric acid groups is 1. The predicted molar refractivity (Wildman–Crippen MR) is 28.9 cm³/mol. The molecule has 0 rings (SSSR count). The SMILES string of the molecule is O=P([O-])([O-])OCCCCl.[Na+].[Na+]. The zero-order valence-corrected chi connectivity index (χ0v) is 12.2. The molecule has 0 bridgehead atoms. The van der Waals surface area contributed by atoms with Crippen LogP contribution in [0.4, 0.5) is 0 Å². The molecule has 0 amide bonds. The van der Waals surface area contributed by atoms with Gasteiger partial charge in [-0.25, -0.2) is 0 Å². The molecule has 8 heteroatoms. The first-order valence-corrected chi connectivity index (χ1v) is 4.28. The molecule has 0 aromatic heterocycles. The minimum atomic E-state index is -4.75. The van der Waals surface area contributed by atoms with E-state index in [1.807, 2.05) is 0 Å². The molecule has 11 heavy (non-hydrogen) atoms. The largest absolute Gasteiger partial charge is 1.00 e. The van der Waals surface area contributed by atoms with Gasteiger partial charge in [0.05, 0.1) is 14.4 Å². The Balaban J connectivity index is -0.000000320. The molecule has 0 aliphatic rings. The Morgan fingerprint density at radius 2 is 1.82 bits per heavy atom. The van der Waals surface area contributed by atoms with Crippen molar-refractivity contribution in [3.05, 3.63) is 0 Å². The summed E-state index contributed by atoms with van der Waals surface area (Å²) in [6, 6.07) is 0. The topological polar surface area (TPSA) is 72.4 Å². The van der Waals surface area contributed by atoms with Gasteiger partial charge in [-0.2, -0.15) is 0 Å². The molecule has 4 nitrogen and oxygen atoms in total. The fourth-order valence-corrected chi connectivity index (χ4v) is 0.693. The second-order valence-electron chi connectivity index (χ2n) is 1.32. The van der Waals surface area contributed by atoms with E-state index in [-0.39, 0.29) is 65.7 Å². The Labute approximate surface area is 115 Å². The summed E-state index contributed by atoms with van der Waals surface area (Å²) in [6.45, 7) is -0.117. The summed E-state index contributed by atoms with van der Waals surface area (Å²) in [4.78, 5) is 19.4. The number of hydrogen-bond donors (Lipinski definition) is 0. The van der Waals surface area contributed by atoms with E-state index in [1.165, 1.54) is 0 Å². The summed E-state index contributed by atoms with van der Waals surface area (Å²) in [5.74, 6) is 0.292. The van der Waals surface area contributed by atoms with Crippen molar-refractivity contribution >= 4 is 19.4 Å². The second kappa shape index (κ2) is 10.5. The van der Waals surface area contributed by atoms with Crippen molar-refractivity contribution in [1.29, 1.82) is 0 Å². The van der Waals surface area contributed by atoms with E-state index in [0.29, 0.717) is 12.3 Å². The van der Waals surface area contributed by atoms with Gasteiger partial charge < -0.3 is 18.9 Å². The van der Waals surface area contributed by atoms with Crippen molar-refractivity contribution in [3.63, 3.8) is 0 Å². The summed E-state index contributed by atoms with van der Waals surface area (Å²) in [7, 11) is -4.75. The van der Waals surface area contributed by atoms with E-state index in [4.69, 9.17) is 11.6 Å². The van der Waals surface area contributed by atoms with E-state index >= 15 is 0 Å². The standard InChI is InChI=1S/C3H8ClO4P.2Na/c4-2-1-3-8-9(5,6)7;;/h1-3H2,(H2,5,6,7);;/q;2*+1/p-2. The third-order valence-electron chi connectivity index (χ3n) is 0.527. The monoisotopic (exact) mass is 218 g/mol.